The molecule has 0 radical (unpaired) electrons. The number of ether oxygens (including phenoxy) is 1. The number of imidazole rings is 1. The highest BCUT2D eigenvalue weighted by Crippen LogP contribution is 2.28. The summed E-state index contributed by atoms with van der Waals surface area (Å²) in [5, 5.41) is 6.86. The van der Waals surface area contributed by atoms with Crippen LogP contribution in [-0.4, -0.2) is 22.0 Å². The van der Waals surface area contributed by atoms with Gasteiger partial charge in [-0.2, -0.15) is 4.99 Å². The molecule has 1 aliphatic carbocycles. The number of hydrogen-bond acceptors (Lipinski definition) is 5. The van der Waals surface area contributed by atoms with E-state index in [1.54, 1.807) is 6.20 Å². The zero-order valence-electron chi connectivity index (χ0n) is 14.4. The average molecular weight is 339 g/mol. The lowest BCUT2D eigenvalue weighted by Gasteiger charge is -2.23. The van der Waals surface area contributed by atoms with Crippen LogP contribution in [0.4, 0.5) is 11.4 Å². The summed E-state index contributed by atoms with van der Waals surface area (Å²) in [6, 6.07) is 7.38. The van der Waals surface area contributed by atoms with Crippen LogP contribution >= 0.6 is 0 Å². The molecule has 0 atom stereocenters. The van der Waals surface area contributed by atoms with Gasteiger partial charge in [-0.15, -0.1) is 0 Å². The van der Waals surface area contributed by atoms with E-state index >= 15 is 0 Å². The minimum atomic E-state index is 0.497. The van der Waals surface area contributed by atoms with Crippen molar-refractivity contribution in [1.29, 1.82) is 0 Å². The quantitative estimate of drug-likeness (QED) is 0.740. The van der Waals surface area contributed by atoms with E-state index in [1.807, 2.05) is 6.20 Å². The zero-order chi connectivity index (χ0) is 16.9. The van der Waals surface area contributed by atoms with Gasteiger partial charge in [-0.05, 0) is 31.0 Å². The van der Waals surface area contributed by atoms with Crippen molar-refractivity contribution in [1.82, 2.24) is 15.3 Å². The molecule has 1 fully saturated rings. The molecule has 2 aliphatic rings. The molecule has 0 bridgehead atoms. The molecule has 0 spiro atoms. The first kappa shape index (κ1) is 16.0. The lowest BCUT2D eigenvalue weighted by Crippen LogP contribution is -2.36. The Kier molecular flexibility index (Phi) is 4.86. The molecule has 1 aromatic heterocycles. The SMILES string of the molecule is c1c[nH]c(CNc2ccc3c(c2)COC(NC2CCCCCC2)=N3)n1. The number of fused-ring (bicyclic) bond motifs is 1. The highest BCUT2D eigenvalue weighted by Gasteiger charge is 2.18. The third-order valence-electron chi connectivity index (χ3n) is 4.86. The molecule has 132 valence electrons. The van der Waals surface area contributed by atoms with Crippen molar-refractivity contribution >= 4 is 17.4 Å². The van der Waals surface area contributed by atoms with Crippen molar-refractivity contribution in [2.24, 2.45) is 4.99 Å². The number of aromatic amines is 1. The summed E-state index contributed by atoms with van der Waals surface area (Å²) in [6.45, 7) is 1.23. The Hall–Kier alpha value is -2.50. The van der Waals surface area contributed by atoms with Gasteiger partial charge in [0.2, 0.25) is 0 Å². The first-order valence-corrected chi connectivity index (χ1v) is 9.20. The van der Waals surface area contributed by atoms with Crippen LogP contribution in [0.25, 0.3) is 0 Å². The summed E-state index contributed by atoms with van der Waals surface area (Å²) >= 11 is 0. The van der Waals surface area contributed by atoms with E-state index in [0.29, 0.717) is 25.2 Å². The van der Waals surface area contributed by atoms with Crippen LogP contribution in [0.15, 0.2) is 35.6 Å². The van der Waals surface area contributed by atoms with Gasteiger partial charge in [-0.3, -0.25) is 0 Å². The minimum Gasteiger partial charge on any atom is -0.460 e. The van der Waals surface area contributed by atoms with Crippen molar-refractivity contribution in [3.63, 3.8) is 0 Å². The predicted molar refractivity (Wildman–Crippen MR) is 98.9 cm³/mol. The van der Waals surface area contributed by atoms with Crippen molar-refractivity contribution in [2.75, 3.05) is 5.32 Å². The van der Waals surface area contributed by atoms with Gasteiger partial charge in [0.05, 0.1) is 12.2 Å². The number of nitrogens with zero attached hydrogens (tertiary/aromatic N) is 2. The largest absolute Gasteiger partial charge is 0.460 e. The maximum Gasteiger partial charge on any atom is 0.290 e. The molecule has 1 aromatic carbocycles. The number of aliphatic imine (C=N–C) groups is 1. The van der Waals surface area contributed by atoms with Crippen LogP contribution in [0.2, 0.25) is 0 Å². The molecule has 2 aromatic rings. The number of aromatic nitrogens is 2. The van der Waals surface area contributed by atoms with Gasteiger partial charge in [0.15, 0.2) is 0 Å². The Morgan fingerprint density at radius 1 is 1.16 bits per heavy atom. The van der Waals surface area contributed by atoms with Crippen LogP contribution in [0.3, 0.4) is 0 Å². The topological polar surface area (TPSA) is 74.3 Å². The van der Waals surface area contributed by atoms with E-state index in [0.717, 1.165) is 22.8 Å². The maximum atomic E-state index is 5.85. The molecule has 6 heteroatoms. The smallest absolute Gasteiger partial charge is 0.290 e. The first-order valence-electron chi connectivity index (χ1n) is 9.20. The van der Waals surface area contributed by atoms with Crippen molar-refractivity contribution < 1.29 is 4.74 Å². The third-order valence-corrected chi connectivity index (χ3v) is 4.86. The normalized spacial score (nSPS) is 17.8. The number of anilines is 1. The fourth-order valence-corrected chi connectivity index (χ4v) is 3.46. The summed E-state index contributed by atoms with van der Waals surface area (Å²) < 4.78 is 5.85. The molecule has 1 saturated carbocycles. The fraction of sp³-hybridized carbons (Fsp3) is 0.474. The van der Waals surface area contributed by atoms with E-state index in [9.17, 15) is 0 Å². The molecule has 1 aliphatic heterocycles. The molecular weight excluding hydrogens is 314 g/mol. The second kappa shape index (κ2) is 7.59. The Bertz CT molecular complexity index is 717. The number of benzene rings is 1. The highest BCUT2D eigenvalue weighted by molar-refractivity contribution is 5.80. The first-order chi connectivity index (χ1) is 12.4. The number of H-pyrrole nitrogens is 1. The van der Waals surface area contributed by atoms with Crippen LogP contribution in [0.5, 0.6) is 0 Å². The van der Waals surface area contributed by atoms with Crippen LogP contribution in [0.1, 0.15) is 49.9 Å². The Balaban J connectivity index is 1.39. The minimum absolute atomic E-state index is 0.497. The lowest BCUT2D eigenvalue weighted by atomic mass is 10.1. The fourth-order valence-electron chi connectivity index (χ4n) is 3.46. The molecule has 25 heavy (non-hydrogen) atoms. The molecule has 4 rings (SSSR count). The predicted octanol–water partition coefficient (Wildman–Crippen LogP) is 3.85. The molecule has 3 N–H and O–H groups in total. The van der Waals surface area contributed by atoms with Crippen LogP contribution in [-0.2, 0) is 17.9 Å². The Morgan fingerprint density at radius 3 is 2.84 bits per heavy atom. The Morgan fingerprint density at radius 2 is 2.04 bits per heavy atom. The molecule has 0 amide bonds. The second-order valence-corrected chi connectivity index (χ2v) is 6.77. The van der Waals surface area contributed by atoms with Gasteiger partial charge in [-0.1, -0.05) is 25.7 Å². The summed E-state index contributed by atoms with van der Waals surface area (Å²) in [7, 11) is 0. The zero-order valence-corrected chi connectivity index (χ0v) is 14.4. The number of rotatable bonds is 4. The van der Waals surface area contributed by atoms with E-state index in [1.165, 1.54) is 38.5 Å². The van der Waals surface area contributed by atoms with E-state index < -0.39 is 0 Å². The molecule has 0 unspecified atom stereocenters. The van der Waals surface area contributed by atoms with Crippen LogP contribution in [0, 0.1) is 0 Å². The Labute approximate surface area is 148 Å². The maximum absolute atomic E-state index is 5.85. The van der Waals surface area contributed by atoms with E-state index in [-0.39, 0.29) is 0 Å². The van der Waals surface area contributed by atoms with Gasteiger partial charge in [-0.25, -0.2) is 4.98 Å². The van der Waals surface area contributed by atoms with Gasteiger partial charge < -0.3 is 20.4 Å². The molecule has 6 nitrogen and oxygen atoms in total. The molecular formula is C19H25N5O. The second-order valence-electron chi connectivity index (χ2n) is 6.77. The van der Waals surface area contributed by atoms with Gasteiger partial charge in [0.1, 0.15) is 12.4 Å². The molecule has 0 saturated heterocycles. The lowest BCUT2D eigenvalue weighted by molar-refractivity contribution is 0.264. The van der Waals surface area contributed by atoms with E-state index in [4.69, 9.17) is 4.74 Å². The monoisotopic (exact) mass is 339 g/mol. The van der Waals surface area contributed by atoms with Gasteiger partial charge in [0, 0.05) is 29.7 Å². The number of amidine groups is 1. The summed E-state index contributed by atoms with van der Waals surface area (Å²) in [5.41, 5.74) is 3.15. The van der Waals surface area contributed by atoms with Gasteiger partial charge in [0.25, 0.3) is 6.02 Å². The van der Waals surface area contributed by atoms with Crippen molar-refractivity contribution in [3.8, 4) is 0 Å². The average Bonchev–Trinajstić information content (AvgIpc) is 3.03. The van der Waals surface area contributed by atoms with Crippen LogP contribution < -0.4 is 10.6 Å². The van der Waals surface area contributed by atoms with Crippen molar-refractivity contribution in [3.05, 3.63) is 42.0 Å². The third kappa shape index (κ3) is 4.13. The standard InChI is InChI=1S/C19H25N5O/c1-2-4-6-15(5-3-1)23-19-24-17-8-7-16(11-14(17)13-25-19)22-12-18-20-9-10-21-18/h7-11,15,22H,1-6,12-13H2,(H,20,21)(H,23,24). The summed E-state index contributed by atoms with van der Waals surface area (Å²) in [4.78, 5) is 12.0. The van der Waals surface area contributed by atoms with Crippen molar-refractivity contribution in [2.45, 2.75) is 57.7 Å². The number of hydrogen-bond donors (Lipinski definition) is 3. The van der Waals surface area contributed by atoms with E-state index in [2.05, 4.69) is 43.8 Å². The molecule has 2 heterocycles. The van der Waals surface area contributed by atoms with Gasteiger partial charge >= 0.3 is 0 Å². The highest BCUT2D eigenvalue weighted by atomic mass is 16.5. The summed E-state index contributed by atoms with van der Waals surface area (Å²) in [5.74, 6) is 0.918. The summed E-state index contributed by atoms with van der Waals surface area (Å²) in [6.07, 6.45) is 11.3. The number of nitrogens with one attached hydrogen (secondary N) is 3.